The SMILES string of the molecule is CC(C)(C)C(=O)Oc1ccc2c(c1)CC[C@H]1[C@@H]2CC[C@]2(C)C(=O)CC[C@@H]12. The summed E-state index contributed by atoms with van der Waals surface area (Å²) in [6, 6.07) is 6.21. The summed E-state index contributed by atoms with van der Waals surface area (Å²) in [5.74, 6) is 2.73. The van der Waals surface area contributed by atoms with Gasteiger partial charge in [0.2, 0.25) is 0 Å². The van der Waals surface area contributed by atoms with Gasteiger partial charge in [-0.25, -0.2) is 0 Å². The molecular formula is C23H30O3. The van der Waals surface area contributed by atoms with E-state index in [1.807, 2.05) is 26.8 Å². The molecule has 140 valence electrons. The molecule has 0 amide bonds. The molecule has 0 heterocycles. The summed E-state index contributed by atoms with van der Waals surface area (Å²) < 4.78 is 5.60. The van der Waals surface area contributed by atoms with Gasteiger partial charge >= 0.3 is 5.97 Å². The lowest BCUT2D eigenvalue weighted by Gasteiger charge is -2.48. The number of rotatable bonds is 1. The highest BCUT2D eigenvalue weighted by molar-refractivity contribution is 5.87. The summed E-state index contributed by atoms with van der Waals surface area (Å²) >= 11 is 0. The third-order valence-corrected chi connectivity index (χ3v) is 7.23. The smallest absolute Gasteiger partial charge is 0.316 e. The number of ether oxygens (including phenoxy) is 1. The van der Waals surface area contributed by atoms with Crippen LogP contribution in [-0.4, -0.2) is 11.8 Å². The molecular weight excluding hydrogens is 324 g/mol. The minimum atomic E-state index is -0.496. The second kappa shape index (κ2) is 5.94. The van der Waals surface area contributed by atoms with Crippen molar-refractivity contribution in [2.45, 2.75) is 72.1 Å². The zero-order valence-electron chi connectivity index (χ0n) is 16.4. The van der Waals surface area contributed by atoms with Crippen LogP contribution in [0.15, 0.2) is 18.2 Å². The zero-order valence-corrected chi connectivity index (χ0v) is 16.4. The lowest BCUT2D eigenvalue weighted by Crippen LogP contribution is -2.42. The molecule has 3 nitrogen and oxygen atoms in total. The van der Waals surface area contributed by atoms with Crippen molar-refractivity contribution in [2.24, 2.45) is 22.7 Å². The molecule has 3 aliphatic carbocycles. The molecule has 3 heteroatoms. The van der Waals surface area contributed by atoms with Gasteiger partial charge in [-0.2, -0.15) is 0 Å². The van der Waals surface area contributed by atoms with Gasteiger partial charge in [-0.05, 0) is 93.9 Å². The maximum absolute atomic E-state index is 12.4. The average molecular weight is 354 g/mol. The predicted octanol–water partition coefficient (Wildman–Crippen LogP) is 5.06. The molecule has 0 unspecified atom stereocenters. The second-order valence-electron chi connectivity index (χ2n) is 9.83. The fourth-order valence-electron chi connectivity index (χ4n) is 5.65. The van der Waals surface area contributed by atoms with Gasteiger partial charge in [-0.15, -0.1) is 0 Å². The molecule has 4 rings (SSSR count). The summed E-state index contributed by atoms with van der Waals surface area (Å²) in [5, 5.41) is 0. The minimum Gasteiger partial charge on any atom is -0.426 e. The van der Waals surface area contributed by atoms with Crippen LogP contribution in [0, 0.1) is 22.7 Å². The third kappa shape index (κ3) is 2.71. The summed E-state index contributed by atoms with van der Waals surface area (Å²) in [4.78, 5) is 24.6. The van der Waals surface area contributed by atoms with Gasteiger partial charge in [-0.3, -0.25) is 9.59 Å². The Morgan fingerprint density at radius 3 is 2.65 bits per heavy atom. The van der Waals surface area contributed by atoms with Gasteiger partial charge in [0.1, 0.15) is 11.5 Å². The van der Waals surface area contributed by atoms with Crippen LogP contribution in [0.3, 0.4) is 0 Å². The molecule has 1 aromatic rings. The minimum absolute atomic E-state index is 0.0686. The van der Waals surface area contributed by atoms with Crippen LogP contribution >= 0.6 is 0 Å². The number of hydrogen-bond acceptors (Lipinski definition) is 3. The van der Waals surface area contributed by atoms with E-state index in [9.17, 15) is 9.59 Å². The molecule has 0 aromatic heterocycles. The van der Waals surface area contributed by atoms with E-state index in [0.29, 0.717) is 29.3 Å². The Kier molecular flexibility index (Phi) is 4.05. The van der Waals surface area contributed by atoms with E-state index in [4.69, 9.17) is 4.74 Å². The molecule has 0 bridgehead atoms. The Morgan fingerprint density at radius 1 is 1.15 bits per heavy atom. The topological polar surface area (TPSA) is 43.4 Å². The number of ketones is 1. The van der Waals surface area contributed by atoms with Crippen LogP contribution in [0.4, 0.5) is 0 Å². The van der Waals surface area contributed by atoms with Crippen molar-refractivity contribution >= 4 is 11.8 Å². The number of esters is 1. The molecule has 2 saturated carbocycles. The van der Waals surface area contributed by atoms with Crippen LogP contribution in [0.5, 0.6) is 5.75 Å². The van der Waals surface area contributed by atoms with Crippen molar-refractivity contribution in [3.63, 3.8) is 0 Å². The number of carbonyl (C=O) groups is 2. The number of benzene rings is 1. The molecule has 3 aliphatic rings. The molecule has 0 saturated heterocycles. The highest BCUT2D eigenvalue weighted by atomic mass is 16.5. The Balaban J connectivity index is 1.58. The fraction of sp³-hybridized carbons (Fsp3) is 0.652. The molecule has 4 atom stereocenters. The average Bonchev–Trinajstić information content (AvgIpc) is 2.89. The van der Waals surface area contributed by atoms with Crippen LogP contribution in [0.2, 0.25) is 0 Å². The van der Waals surface area contributed by atoms with Crippen LogP contribution in [-0.2, 0) is 16.0 Å². The van der Waals surface area contributed by atoms with Crippen molar-refractivity contribution in [3.05, 3.63) is 29.3 Å². The number of Topliss-reactive ketones (excluding diaryl/α,β-unsaturated/α-hetero) is 1. The van der Waals surface area contributed by atoms with Crippen molar-refractivity contribution in [2.75, 3.05) is 0 Å². The first kappa shape index (κ1) is 17.8. The standard InChI is InChI=1S/C23H30O3/c1-22(2,3)21(25)26-15-6-8-16-14(13-15)5-7-18-17(16)11-12-23(4)19(18)9-10-20(23)24/h6,8,13,17-19H,5,7,9-12H2,1-4H3/t17-,18+,19+,23+/m1/s1. The van der Waals surface area contributed by atoms with Gasteiger partial charge < -0.3 is 4.74 Å². The van der Waals surface area contributed by atoms with Crippen molar-refractivity contribution in [1.82, 2.24) is 0 Å². The van der Waals surface area contributed by atoms with Gasteiger partial charge in [-0.1, -0.05) is 13.0 Å². The quantitative estimate of drug-likeness (QED) is 0.523. The summed E-state index contributed by atoms with van der Waals surface area (Å²) in [7, 11) is 0. The molecule has 0 radical (unpaired) electrons. The number of aryl methyl sites for hydroxylation is 1. The predicted molar refractivity (Wildman–Crippen MR) is 101 cm³/mol. The highest BCUT2D eigenvalue weighted by Crippen LogP contribution is 2.59. The molecule has 1 aromatic carbocycles. The zero-order chi connectivity index (χ0) is 18.7. The van der Waals surface area contributed by atoms with Gasteiger partial charge in [0.25, 0.3) is 0 Å². The maximum Gasteiger partial charge on any atom is 0.316 e. The molecule has 0 aliphatic heterocycles. The summed E-state index contributed by atoms with van der Waals surface area (Å²) in [5.41, 5.74) is 2.20. The molecule has 2 fully saturated rings. The van der Waals surface area contributed by atoms with Gasteiger partial charge in [0.05, 0.1) is 5.41 Å². The van der Waals surface area contributed by atoms with E-state index >= 15 is 0 Å². The Bertz CT molecular complexity index is 757. The molecule has 26 heavy (non-hydrogen) atoms. The van der Waals surface area contributed by atoms with E-state index in [2.05, 4.69) is 19.1 Å². The van der Waals surface area contributed by atoms with Crippen molar-refractivity contribution < 1.29 is 14.3 Å². The summed E-state index contributed by atoms with van der Waals surface area (Å²) in [6.07, 6.45) is 6.17. The lowest BCUT2D eigenvalue weighted by molar-refractivity contribution is -0.143. The van der Waals surface area contributed by atoms with E-state index in [-0.39, 0.29) is 11.4 Å². The number of carbonyl (C=O) groups excluding carboxylic acids is 2. The Morgan fingerprint density at radius 2 is 1.92 bits per heavy atom. The Hall–Kier alpha value is -1.64. The van der Waals surface area contributed by atoms with E-state index in [1.54, 1.807) is 0 Å². The van der Waals surface area contributed by atoms with Crippen LogP contribution in [0.1, 0.15) is 76.8 Å². The van der Waals surface area contributed by atoms with E-state index in [1.165, 1.54) is 11.1 Å². The van der Waals surface area contributed by atoms with Crippen LogP contribution in [0.25, 0.3) is 0 Å². The Labute approximate surface area is 156 Å². The third-order valence-electron chi connectivity index (χ3n) is 7.23. The van der Waals surface area contributed by atoms with E-state index in [0.717, 1.165) is 38.5 Å². The summed E-state index contributed by atoms with van der Waals surface area (Å²) in [6.45, 7) is 7.84. The normalized spacial score (nSPS) is 33.2. The highest BCUT2D eigenvalue weighted by Gasteiger charge is 2.54. The largest absolute Gasteiger partial charge is 0.426 e. The number of fused-ring (bicyclic) bond motifs is 5. The van der Waals surface area contributed by atoms with Gasteiger partial charge in [0.15, 0.2) is 0 Å². The number of hydrogen-bond donors (Lipinski definition) is 0. The van der Waals surface area contributed by atoms with Crippen molar-refractivity contribution in [3.8, 4) is 5.75 Å². The first-order chi connectivity index (χ1) is 12.2. The second-order valence-corrected chi connectivity index (χ2v) is 9.83. The first-order valence-electron chi connectivity index (χ1n) is 10.1. The van der Waals surface area contributed by atoms with Crippen LogP contribution < -0.4 is 4.74 Å². The van der Waals surface area contributed by atoms with E-state index < -0.39 is 5.41 Å². The fourth-order valence-corrected chi connectivity index (χ4v) is 5.65. The first-order valence-corrected chi connectivity index (χ1v) is 10.1. The van der Waals surface area contributed by atoms with Gasteiger partial charge in [0, 0.05) is 11.8 Å². The molecule has 0 spiro atoms. The lowest BCUT2D eigenvalue weighted by atomic mass is 9.55. The maximum atomic E-state index is 12.4. The molecule has 0 N–H and O–H groups in total. The monoisotopic (exact) mass is 354 g/mol. The van der Waals surface area contributed by atoms with Crippen molar-refractivity contribution in [1.29, 1.82) is 0 Å².